The Balaban J connectivity index is 1.70. The molecule has 2 rings (SSSR count). The first-order valence-corrected chi connectivity index (χ1v) is 13.0. The number of benzene rings is 2. The topological polar surface area (TPSA) is 127 Å². The van der Waals surface area contributed by atoms with Crippen molar-refractivity contribution >= 4 is 23.6 Å². The number of nitrogens with two attached hydrogens (primary N) is 2. The summed E-state index contributed by atoms with van der Waals surface area (Å²) >= 11 is 0. The molecule has 200 valence electrons. The van der Waals surface area contributed by atoms with Gasteiger partial charge in [-0.2, -0.15) is 0 Å². The Hall–Kier alpha value is -3.68. The highest BCUT2D eigenvalue weighted by Crippen LogP contribution is 2.13. The number of carbonyl (C=O) groups excluding carboxylic acids is 4. The minimum absolute atomic E-state index is 0.0197. The van der Waals surface area contributed by atoms with E-state index in [4.69, 9.17) is 11.5 Å². The van der Waals surface area contributed by atoms with E-state index >= 15 is 0 Å². The second-order valence-electron chi connectivity index (χ2n) is 9.30. The zero-order valence-corrected chi connectivity index (χ0v) is 21.6. The molecule has 0 aliphatic heterocycles. The Bertz CT molecular complexity index is 902. The van der Waals surface area contributed by atoms with Crippen molar-refractivity contribution < 1.29 is 19.2 Å². The van der Waals surface area contributed by atoms with Crippen LogP contribution in [0.2, 0.25) is 0 Å². The molecule has 2 aromatic rings. The summed E-state index contributed by atoms with van der Waals surface area (Å²) in [6, 6.07) is 19.4. The first-order chi connectivity index (χ1) is 17.8. The van der Waals surface area contributed by atoms with Gasteiger partial charge in [-0.05, 0) is 24.0 Å². The van der Waals surface area contributed by atoms with Gasteiger partial charge in [0.2, 0.25) is 23.6 Å². The summed E-state index contributed by atoms with van der Waals surface area (Å²) in [6.45, 7) is 1.56. The molecular weight excluding hydrogens is 468 g/mol. The number of hydrogen-bond donors (Lipinski definition) is 2. The summed E-state index contributed by atoms with van der Waals surface area (Å²) in [5.41, 5.74) is 12.6. The molecule has 0 atom stereocenters. The van der Waals surface area contributed by atoms with Gasteiger partial charge < -0.3 is 21.3 Å². The second-order valence-corrected chi connectivity index (χ2v) is 9.30. The van der Waals surface area contributed by atoms with Crippen LogP contribution in [0.5, 0.6) is 0 Å². The lowest BCUT2D eigenvalue weighted by atomic mass is 10.1. The molecule has 8 heteroatoms. The van der Waals surface area contributed by atoms with Crippen LogP contribution in [0.15, 0.2) is 60.7 Å². The first kappa shape index (κ1) is 29.5. The summed E-state index contributed by atoms with van der Waals surface area (Å²) in [5.74, 6) is -0.799. The Morgan fingerprint density at radius 1 is 0.514 bits per heavy atom. The molecule has 2 aromatic carbocycles. The Labute approximate surface area is 220 Å². The number of carbonyl (C=O) groups is 4. The molecule has 0 saturated carbocycles. The third-order valence-corrected chi connectivity index (χ3v) is 6.18. The average molecular weight is 509 g/mol. The minimum Gasteiger partial charge on any atom is -0.370 e. The lowest BCUT2D eigenvalue weighted by Crippen LogP contribution is -2.33. The van der Waals surface area contributed by atoms with Crippen molar-refractivity contribution in [1.82, 2.24) is 9.80 Å². The minimum atomic E-state index is -0.419. The van der Waals surface area contributed by atoms with Crippen molar-refractivity contribution in [2.24, 2.45) is 11.5 Å². The molecule has 0 saturated heterocycles. The summed E-state index contributed by atoms with van der Waals surface area (Å²) in [6.07, 6.45) is 5.36. The lowest BCUT2D eigenvalue weighted by molar-refractivity contribution is -0.133. The maximum absolute atomic E-state index is 12.8. The van der Waals surface area contributed by atoms with Gasteiger partial charge in [0.05, 0.1) is 0 Å². The Kier molecular flexibility index (Phi) is 13.5. The van der Waals surface area contributed by atoms with Crippen LogP contribution in [-0.2, 0) is 32.3 Å². The van der Waals surface area contributed by atoms with Crippen molar-refractivity contribution in [2.45, 2.75) is 70.9 Å². The van der Waals surface area contributed by atoms with Crippen molar-refractivity contribution in [2.75, 3.05) is 13.1 Å². The maximum atomic E-state index is 12.8. The zero-order valence-electron chi connectivity index (χ0n) is 21.6. The predicted octanol–water partition coefficient (Wildman–Crippen LogP) is 3.53. The third kappa shape index (κ3) is 12.7. The maximum Gasteiger partial charge on any atom is 0.222 e. The van der Waals surface area contributed by atoms with Crippen LogP contribution in [0.4, 0.5) is 0 Å². The molecule has 0 spiro atoms. The third-order valence-electron chi connectivity index (χ3n) is 6.18. The fourth-order valence-corrected chi connectivity index (χ4v) is 4.08. The van der Waals surface area contributed by atoms with Gasteiger partial charge in [-0.3, -0.25) is 19.2 Å². The second kappa shape index (κ2) is 16.9. The molecule has 37 heavy (non-hydrogen) atoms. The van der Waals surface area contributed by atoms with E-state index in [0.29, 0.717) is 39.0 Å². The molecule has 8 nitrogen and oxygen atoms in total. The van der Waals surface area contributed by atoms with Crippen LogP contribution < -0.4 is 11.5 Å². The van der Waals surface area contributed by atoms with E-state index in [-0.39, 0.29) is 24.7 Å². The lowest BCUT2D eigenvalue weighted by Gasteiger charge is -2.23. The highest BCUT2D eigenvalue weighted by atomic mass is 16.2. The molecule has 0 fully saturated rings. The van der Waals surface area contributed by atoms with Gasteiger partial charge in [0.1, 0.15) is 0 Å². The van der Waals surface area contributed by atoms with Crippen molar-refractivity contribution in [3.63, 3.8) is 0 Å². The van der Waals surface area contributed by atoms with Crippen LogP contribution in [0.25, 0.3) is 0 Å². The van der Waals surface area contributed by atoms with E-state index in [1.165, 1.54) is 0 Å². The molecule has 0 heterocycles. The van der Waals surface area contributed by atoms with E-state index in [1.54, 1.807) is 9.80 Å². The largest absolute Gasteiger partial charge is 0.370 e. The van der Waals surface area contributed by atoms with Crippen LogP contribution in [0.3, 0.4) is 0 Å². The summed E-state index contributed by atoms with van der Waals surface area (Å²) in [7, 11) is 0. The molecule has 4 amide bonds. The van der Waals surface area contributed by atoms with E-state index in [0.717, 1.165) is 43.2 Å². The van der Waals surface area contributed by atoms with E-state index < -0.39 is 11.8 Å². The monoisotopic (exact) mass is 508 g/mol. The van der Waals surface area contributed by atoms with Crippen LogP contribution in [-0.4, -0.2) is 46.5 Å². The van der Waals surface area contributed by atoms with Gasteiger partial charge in [0.15, 0.2) is 0 Å². The van der Waals surface area contributed by atoms with Crippen LogP contribution >= 0.6 is 0 Å². The number of unbranched alkanes of at least 4 members (excludes halogenated alkanes) is 4. The molecule has 0 radical (unpaired) electrons. The number of primary amides is 2. The standard InChI is InChI=1S/C29H40N4O4/c30-26(34)18-20-32(22-24-12-6-4-7-13-24)28(36)16-10-2-1-3-11-17-29(37)33(21-19-27(31)35)23-25-14-8-5-9-15-25/h4-9,12-15H,1-3,10-11,16-23H2,(H2,30,34)(H2,31,35). The fraction of sp³-hybridized carbons (Fsp3) is 0.448. The quantitative estimate of drug-likeness (QED) is 0.299. The van der Waals surface area contributed by atoms with E-state index in [1.807, 2.05) is 60.7 Å². The zero-order chi connectivity index (χ0) is 26.9. The number of nitrogens with zero attached hydrogens (tertiary/aromatic N) is 2. The highest BCUT2D eigenvalue weighted by Gasteiger charge is 2.16. The number of hydrogen-bond acceptors (Lipinski definition) is 4. The Morgan fingerprint density at radius 3 is 1.22 bits per heavy atom. The van der Waals surface area contributed by atoms with Gasteiger partial charge in [-0.1, -0.05) is 79.9 Å². The van der Waals surface area contributed by atoms with Gasteiger partial charge >= 0.3 is 0 Å². The van der Waals surface area contributed by atoms with Gasteiger partial charge in [-0.25, -0.2) is 0 Å². The van der Waals surface area contributed by atoms with Crippen molar-refractivity contribution in [1.29, 1.82) is 0 Å². The number of rotatable bonds is 18. The smallest absolute Gasteiger partial charge is 0.222 e. The highest BCUT2D eigenvalue weighted by molar-refractivity contribution is 5.79. The Morgan fingerprint density at radius 2 is 0.865 bits per heavy atom. The van der Waals surface area contributed by atoms with Crippen molar-refractivity contribution in [3.8, 4) is 0 Å². The van der Waals surface area contributed by atoms with Crippen molar-refractivity contribution in [3.05, 3.63) is 71.8 Å². The van der Waals surface area contributed by atoms with Gasteiger partial charge in [0.25, 0.3) is 0 Å². The van der Waals surface area contributed by atoms with Gasteiger partial charge in [-0.15, -0.1) is 0 Å². The van der Waals surface area contributed by atoms with Gasteiger partial charge in [0, 0.05) is 51.9 Å². The SMILES string of the molecule is NC(=O)CCN(Cc1ccccc1)C(=O)CCCCCCCC(=O)N(CCC(N)=O)Cc1ccccc1. The van der Waals surface area contributed by atoms with Crippen LogP contribution in [0, 0.1) is 0 Å². The molecule has 0 unspecified atom stereocenters. The summed E-state index contributed by atoms with van der Waals surface area (Å²) in [4.78, 5) is 51.4. The molecule has 0 aromatic heterocycles. The van der Waals surface area contributed by atoms with Crippen LogP contribution in [0.1, 0.15) is 68.9 Å². The normalized spacial score (nSPS) is 10.6. The summed E-state index contributed by atoms with van der Waals surface area (Å²) in [5, 5.41) is 0. The van der Waals surface area contributed by atoms with E-state index in [2.05, 4.69) is 0 Å². The molecule has 0 aliphatic carbocycles. The fourth-order valence-electron chi connectivity index (χ4n) is 4.08. The molecular formula is C29H40N4O4. The molecule has 4 N–H and O–H groups in total. The predicted molar refractivity (Wildman–Crippen MR) is 144 cm³/mol. The molecule has 0 bridgehead atoms. The molecule has 0 aliphatic rings. The number of amides is 4. The average Bonchev–Trinajstić information content (AvgIpc) is 2.89. The summed E-state index contributed by atoms with van der Waals surface area (Å²) < 4.78 is 0. The first-order valence-electron chi connectivity index (χ1n) is 13.0. The van der Waals surface area contributed by atoms with E-state index in [9.17, 15) is 19.2 Å².